The normalized spacial score (nSPS) is 18.6. The van der Waals surface area contributed by atoms with Gasteiger partial charge in [0.1, 0.15) is 30.5 Å². The Bertz CT molecular complexity index is 1110. The SMILES string of the molecule is Cc1ccc(COc2cc(F)c3c(c2)OCC(CN2CCCC(C(=O)O)C2)=C3)c(C(F)(F)F)c1. The van der Waals surface area contributed by atoms with Crippen LogP contribution in [0.2, 0.25) is 0 Å². The Morgan fingerprint density at radius 1 is 1.26 bits per heavy atom. The molecule has 1 N–H and O–H groups in total. The molecule has 0 radical (unpaired) electrons. The van der Waals surface area contributed by atoms with Gasteiger partial charge in [-0.2, -0.15) is 13.2 Å². The van der Waals surface area contributed by atoms with Gasteiger partial charge in [-0.3, -0.25) is 9.69 Å². The first-order valence-corrected chi connectivity index (χ1v) is 11.0. The van der Waals surface area contributed by atoms with Crippen molar-refractivity contribution in [3.63, 3.8) is 0 Å². The number of aliphatic carboxylic acids is 1. The Morgan fingerprint density at radius 2 is 2.06 bits per heavy atom. The van der Waals surface area contributed by atoms with Crippen LogP contribution < -0.4 is 9.47 Å². The monoisotopic (exact) mass is 479 g/mol. The smallest absolute Gasteiger partial charge is 0.416 e. The van der Waals surface area contributed by atoms with Gasteiger partial charge in [0.15, 0.2) is 0 Å². The second kappa shape index (κ2) is 9.66. The molecule has 2 aromatic carbocycles. The second-order valence-corrected chi connectivity index (χ2v) is 8.77. The van der Waals surface area contributed by atoms with Gasteiger partial charge in [-0.15, -0.1) is 0 Å². The molecule has 1 saturated heterocycles. The lowest BCUT2D eigenvalue weighted by molar-refractivity contribution is -0.143. The number of carbonyl (C=O) groups is 1. The van der Waals surface area contributed by atoms with E-state index in [1.165, 1.54) is 12.1 Å². The fourth-order valence-corrected chi connectivity index (χ4v) is 4.35. The van der Waals surface area contributed by atoms with Gasteiger partial charge >= 0.3 is 12.1 Å². The van der Waals surface area contributed by atoms with Gasteiger partial charge in [-0.1, -0.05) is 17.7 Å². The lowest BCUT2D eigenvalue weighted by atomic mass is 9.97. The molecule has 2 aliphatic heterocycles. The fraction of sp³-hybridized carbons (Fsp3) is 0.400. The zero-order valence-electron chi connectivity index (χ0n) is 18.6. The summed E-state index contributed by atoms with van der Waals surface area (Å²) in [6, 6.07) is 6.58. The van der Waals surface area contributed by atoms with Gasteiger partial charge in [0, 0.05) is 30.8 Å². The molecule has 2 heterocycles. The van der Waals surface area contributed by atoms with Crippen LogP contribution in [-0.2, 0) is 17.6 Å². The van der Waals surface area contributed by atoms with E-state index in [1.54, 1.807) is 19.1 Å². The van der Waals surface area contributed by atoms with Crippen LogP contribution in [0.4, 0.5) is 17.6 Å². The number of nitrogens with zero attached hydrogens (tertiary/aromatic N) is 1. The molecule has 0 spiro atoms. The molecule has 2 aromatic rings. The molecule has 1 atom stereocenters. The Balaban J connectivity index is 1.46. The summed E-state index contributed by atoms with van der Waals surface area (Å²) in [7, 11) is 0. The molecule has 0 bridgehead atoms. The van der Waals surface area contributed by atoms with Crippen molar-refractivity contribution in [3.8, 4) is 11.5 Å². The number of halogens is 4. The van der Waals surface area contributed by atoms with Crippen LogP contribution in [0.15, 0.2) is 35.9 Å². The molecule has 5 nitrogen and oxygen atoms in total. The Labute approximate surface area is 194 Å². The highest BCUT2D eigenvalue weighted by Crippen LogP contribution is 2.36. The summed E-state index contributed by atoms with van der Waals surface area (Å²) in [6.07, 6.45) is -1.40. The lowest BCUT2D eigenvalue weighted by Gasteiger charge is -2.32. The minimum Gasteiger partial charge on any atom is -0.489 e. The van der Waals surface area contributed by atoms with E-state index in [-0.39, 0.29) is 35.8 Å². The third-order valence-electron chi connectivity index (χ3n) is 6.07. The van der Waals surface area contributed by atoms with Crippen LogP contribution in [0.5, 0.6) is 11.5 Å². The summed E-state index contributed by atoms with van der Waals surface area (Å²) in [5.41, 5.74) is 0.723. The van der Waals surface area contributed by atoms with Gasteiger partial charge in [0.05, 0.1) is 17.0 Å². The van der Waals surface area contributed by atoms with Gasteiger partial charge in [-0.25, -0.2) is 4.39 Å². The molecule has 0 aromatic heterocycles. The number of rotatable bonds is 6. The van der Waals surface area contributed by atoms with Gasteiger partial charge < -0.3 is 14.6 Å². The van der Waals surface area contributed by atoms with E-state index in [2.05, 4.69) is 0 Å². The highest BCUT2D eigenvalue weighted by atomic mass is 19.4. The number of carboxylic acid groups (broad SMARTS) is 1. The summed E-state index contributed by atoms with van der Waals surface area (Å²) in [5.74, 6) is -1.50. The van der Waals surface area contributed by atoms with Gasteiger partial charge in [0.25, 0.3) is 0 Å². The number of likely N-dealkylation sites (tertiary alicyclic amines) is 1. The predicted octanol–water partition coefficient (Wildman–Crippen LogP) is 5.30. The Kier molecular flexibility index (Phi) is 6.84. The van der Waals surface area contributed by atoms with E-state index in [0.29, 0.717) is 25.1 Å². The van der Waals surface area contributed by atoms with Crippen molar-refractivity contribution in [3.05, 3.63) is 64.0 Å². The number of carboxylic acids is 1. The number of benzene rings is 2. The standard InChI is InChI=1S/C25H25F4NO4/c1-15-4-5-18(21(7-15)25(27,28)29)14-33-19-9-22(26)20-8-16(13-34-23(20)10-19)11-30-6-2-3-17(12-30)24(31)32/h4-5,7-10,17H,2-3,6,11-14H2,1H3,(H,31,32). The zero-order chi connectivity index (χ0) is 24.5. The van der Waals surface area contributed by atoms with E-state index in [4.69, 9.17) is 9.47 Å². The molecule has 0 amide bonds. The van der Waals surface area contributed by atoms with Crippen molar-refractivity contribution in [2.75, 3.05) is 26.2 Å². The average Bonchev–Trinajstić information content (AvgIpc) is 2.78. The maximum atomic E-state index is 14.8. The number of hydrogen-bond donors (Lipinski definition) is 1. The van der Waals surface area contributed by atoms with Crippen LogP contribution in [0.25, 0.3) is 6.08 Å². The maximum absolute atomic E-state index is 14.8. The number of piperidine rings is 1. The number of hydrogen-bond acceptors (Lipinski definition) is 4. The van der Waals surface area contributed by atoms with E-state index in [0.717, 1.165) is 30.7 Å². The first-order chi connectivity index (χ1) is 16.1. The second-order valence-electron chi connectivity index (χ2n) is 8.77. The average molecular weight is 479 g/mol. The zero-order valence-corrected chi connectivity index (χ0v) is 18.6. The van der Waals surface area contributed by atoms with E-state index in [1.807, 2.05) is 4.90 Å². The summed E-state index contributed by atoms with van der Waals surface area (Å²) >= 11 is 0. The summed E-state index contributed by atoms with van der Waals surface area (Å²) in [6.45, 7) is 3.10. The van der Waals surface area contributed by atoms with Crippen molar-refractivity contribution in [2.45, 2.75) is 32.5 Å². The highest BCUT2D eigenvalue weighted by molar-refractivity contribution is 5.70. The van der Waals surface area contributed by atoms with E-state index >= 15 is 0 Å². The quantitative estimate of drug-likeness (QED) is 0.570. The van der Waals surface area contributed by atoms with Gasteiger partial charge in [-0.05, 0) is 44.0 Å². The Morgan fingerprint density at radius 3 is 2.79 bits per heavy atom. The minimum absolute atomic E-state index is 0.0412. The molecule has 0 aliphatic carbocycles. The first-order valence-electron chi connectivity index (χ1n) is 11.0. The van der Waals surface area contributed by atoms with Crippen LogP contribution >= 0.6 is 0 Å². The van der Waals surface area contributed by atoms with Crippen molar-refractivity contribution < 1.29 is 36.9 Å². The van der Waals surface area contributed by atoms with Crippen molar-refractivity contribution in [1.82, 2.24) is 4.90 Å². The lowest BCUT2D eigenvalue weighted by Crippen LogP contribution is -2.40. The fourth-order valence-electron chi connectivity index (χ4n) is 4.35. The van der Waals surface area contributed by atoms with Crippen LogP contribution in [-0.4, -0.2) is 42.2 Å². The summed E-state index contributed by atoms with van der Waals surface area (Å²) in [5, 5.41) is 9.25. The first kappa shape index (κ1) is 24.1. The third kappa shape index (κ3) is 5.52. The maximum Gasteiger partial charge on any atom is 0.416 e. The molecular weight excluding hydrogens is 454 g/mol. The minimum atomic E-state index is -4.52. The molecular formula is C25H25F4NO4. The summed E-state index contributed by atoms with van der Waals surface area (Å²) in [4.78, 5) is 13.3. The molecule has 2 aliphatic rings. The van der Waals surface area contributed by atoms with Crippen molar-refractivity contribution in [2.24, 2.45) is 5.92 Å². The van der Waals surface area contributed by atoms with E-state index in [9.17, 15) is 27.5 Å². The molecule has 1 fully saturated rings. The van der Waals surface area contributed by atoms with E-state index < -0.39 is 29.4 Å². The van der Waals surface area contributed by atoms with Crippen LogP contribution in [0.3, 0.4) is 0 Å². The third-order valence-corrected chi connectivity index (χ3v) is 6.07. The van der Waals surface area contributed by atoms with Crippen molar-refractivity contribution >= 4 is 12.0 Å². The molecule has 0 saturated carbocycles. The van der Waals surface area contributed by atoms with Gasteiger partial charge in [0.2, 0.25) is 0 Å². The molecule has 182 valence electrons. The van der Waals surface area contributed by atoms with Crippen LogP contribution in [0, 0.1) is 18.7 Å². The molecule has 9 heteroatoms. The predicted molar refractivity (Wildman–Crippen MR) is 117 cm³/mol. The molecule has 34 heavy (non-hydrogen) atoms. The summed E-state index contributed by atoms with van der Waals surface area (Å²) < 4.78 is 66.0. The number of fused-ring (bicyclic) bond motifs is 1. The Hall–Kier alpha value is -3.07. The highest BCUT2D eigenvalue weighted by Gasteiger charge is 2.33. The largest absolute Gasteiger partial charge is 0.489 e. The number of alkyl halides is 3. The van der Waals surface area contributed by atoms with Crippen molar-refractivity contribution in [1.29, 1.82) is 0 Å². The van der Waals surface area contributed by atoms with Crippen LogP contribution in [0.1, 0.15) is 35.1 Å². The topological polar surface area (TPSA) is 59.0 Å². The number of aryl methyl sites for hydroxylation is 1. The molecule has 4 rings (SSSR count). The molecule has 1 unspecified atom stereocenters. The number of ether oxygens (including phenoxy) is 2.